The average molecular weight is 267 g/mol. The van der Waals surface area contributed by atoms with Crippen LogP contribution < -0.4 is 11.3 Å². The lowest BCUT2D eigenvalue weighted by Crippen LogP contribution is -2.62. The number of hydrogen-bond acceptors (Lipinski definition) is 4. The van der Waals surface area contributed by atoms with Crippen LogP contribution in [0.15, 0.2) is 11.8 Å². The van der Waals surface area contributed by atoms with Crippen LogP contribution in [0, 0.1) is 0 Å². The quantitative estimate of drug-likeness (QED) is 0.572. The summed E-state index contributed by atoms with van der Waals surface area (Å²) in [6, 6.07) is 0.112. The Morgan fingerprint density at radius 1 is 1.32 bits per heavy atom. The van der Waals surface area contributed by atoms with E-state index in [1.54, 1.807) is 0 Å². The van der Waals surface area contributed by atoms with Gasteiger partial charge in [0.2, 0.25) is 0 Å². The summed E-state index contributed by atoms with van der Waals surface area (Å²) in [5, 5.41) is 0. The predicted octanol–water partition coefficient (Wildman–Crippen LogP) is 2.17. The van der Waals surface area contributed by atoms with Crippen LogP contribution in [0.2, 0.25) is 0 Å². The molecule has 0 radical (unpaired) electrons. The number of allylic oxidation sites excluding steroid dienone is 1. The van der Waals surface area contributed by atoms with Crippen molar-refractivity contribution in [2.45, 2.75) is 64.0 Å². The molecule has 0 aliphatic carbocycles. The van der Waals surface area contributed by atoms with E-state index in [2.05, 4.69) is 30.2 Å². The Balaban J connectivity index is 2.25. The second-order valence-corrected chi connectivity index (χ2v) is 5.70. The number of likely N-dealkylation sites (tertiary alicyclic amines) is 1. The first-order chi connectivity index (χ1) is 9.28. The van der Waals surface area contributed by atoms with Crippen molar-refractivity contribution in [2.24, 2.45) is 5.84 Å². The standard InChI is InChI=1S/C15H29N3O/c1-3-15(4-2,18-10-6-7-11-18)14(17-16)13-9-5-8-12-19-13/h9,14,17H,3-8,10-12,16H2,1-2H3. The molecule has 0 bridgehead atoms. The van der Waals surface area contributed by atoms with Crippen LogP contribution in [0.5, 0.6) is 0 Å². The minimum absolute atomic E-state index is 0.0917. The second-order valence-electron chi connectivity index (χ2n) is 5.70. The van der Waals surface area contributed by atoms with Gasteiger partial charge in [-0.3, -0.25) is 10.7 Å². The van der Waals surface area contributed by atoms with Crippen LogP contribution in [-0.4, -0.2) is 36.2 Å². The minimum Gasteiger partial charge on any atom is -0.496 e. The van der Waals surface area contributed by atoms with Gasteiger partial charge in [-0.1, -0.05) is 13.8 Å². The topological polar surface area (TPSA) is 50.5 Å². The van der Waals surface area contributed by atoms with E-state index in [0.29, 0.717) is 0 Å². The van der Waals surface area contributed by atoms with E-state index in [-0.39, 0.29) is 11.6 Å². The van der Waals surface area contributed by atoms with Crippen molar-refractivity contribution < 1.29 is 4.74 Å². The summed E-state index contributed by atoms with van der Waals surface area (Å²) in [6.07, 6.45) is 9.26. The van der Waals surface area contributed by atoms with Gasteiger partial charge in [0.1, 0.15) is 5.76 Å². The van der Waals surface area contributed by atoms with Crippen LogP contribution in [0.3, 0.4) is 0 Å². The lowest BCUT2D eigenvalue weighted by atomic mass is 9.81. The molecule has 4 nitrogen and oxygen atoms in total. The Morgan fingerprint density at radius 3 is 2.47 bits per heavy atom. The predicted molar refractivity (Wildman–Crippen MR) is 78.5 cm³/mol. The van der Waals surface area contributed by atoms with E-state index in [1.165, 1.54) is 25.9 Å². The van der Waals surface area contributed by atoms with E-state index in [0.717, 1.165) is 38.0 Å². The number of nitrogens with two attached hydrogens (primary N) is 1. The maximum atomic E-state index is 5.91. The molecule has 2 heterocycles. The molecule has 2 rings (SSSR count). The lowest BCUT2D eigenvalue weighted by molar-refractivity contribution is 0.0419. The van der Waals surface area contributed by atoms with E-state index < -0.39 is 0 Å². The third-order valence-electron chi connectivity index (χ3n) is 4.91. The van der Waals surface area contributed by atoms with Crippen LogP contribution in [0.25, 0.3) is 0 Å². The Morgan fingerprint density at radius 2 is 2.00 bits per heavy atom. The van der Waals surface area contributed by atoms with Gasteiger partial charge in [0, 0.05) is 5.54 Å². The maximum absolute atomic E-state index is 5.91. The highest BCUT2D eigenvalue weighted by atomic mass is 16.5. The summed E-state index contributed by atoms with van der Waals surface area (Å²) >= 11 is 0. The van der Waals surface area contributed by atoms with Gasteiger partial charge in [-0.25, -0.2) is 5.43 Å². The summed E-state index contributed by atoms with van der Waals surface area (Å²) in [7, 11) is 0. The molecule has 19 heavy (non-hydrogen) atoms. The fraction of sp³-hybridized carbons (Fsp3) is 0.867. The van der Waals surface area contributed by atoms with E-state index in [1.807, 2.05) is 0 Å². The van der Waals surface area contributed by atoms with Crippen molar-refractivity contribution in [1.82, 2.24) is 10.3 Å². The first-order valence-corrected chi connectivity index (χ1v) is 7.82. The molecule has 0 aromatic carbocycles. The highest BCUT2D eigenvalue weighted by Crippen LogP contribution is 2.35. The van der Waals surface area contributed by atoms with Crippen LogP contribution in [-0.2, 0) is 4.74 Å². The maximum Gasteiger partial charge on any atom is 0.112 e. The molecule has 0 amide bonds. The van der Waals surface area contributed by atoms with Crippen molar-refractivity contribution in [3.8, 4) is 0 Å². The molecule has 0 aromatic heterocycles. The lowest BCUT2D eigenvalue weighted by Gasteiger charge is -2.47. The molecule has 4 heteroatoms. The molecular weight excluding hydrogens is 238 g/mol. The van der Waals surface area contributed by atoms with Crippen molar-refractivity contribution in [3.05, 3.63) is 11.8 Å². The van der Waals surface area contributed by atoms with Gasteiger partial charge in [0.15, 0.2) is 0 Å². The number of ether oxygens (including phenoxy) is 1. The SMILES string of the molecule is CCC(CC)(C(NN)C1=CCCCO1)N1CCCC1. The number of hydrazine groups is 1. The molecule has 1 fully saturated rings. The molecule has 2 aliphatic heterocycles. The van der Waals surface area contributed by atoms with Gasteiger partial charge < -0.3 is 4.74 Å². The van der Waals surface area contributed by atoms with Crippen molar-refractivity contribution in [3.63, 3.8) is 0 Å². The molecule has 1 unspecified atom stereocenters. The second kappa shape index (κ2) is 6.73. The van der Waals surface area contributed by atoms with Gasteiger partial charge in [-0.15, -0.1) is 0 Å². The molecular formula is C15H29N3O. The molecule has 1 atom stereocenters. The molecule has 3 N–H and O–H groups in total. The fourth-order valence-corrected chi connectivity index (χ4v) is 3.73. The van der Waals surface area contributed by atoms with Gasteiger partial charge in [-0.05, 0) is 57.7 Å². The first kappa shape index (κ1) is 14.8. The normalized spacial score (nSPS) is 23.0. The average Bonchev–Trinajstić information content (AvgIpc) is 3.00. The van der Waals surface area contributed by atoms with Crippen LogP contribution in [0.1, 0.15) is 52.4 Å². The molecule has 0 aromatic rings. The Hall–Kier alpha value is -0.580. The largest absolute Gasteiger partial charge is 0.496 e. The Labute approximate surface area is 117 Å². The molecule has 0 saturated carbocycles. The Kier molecular flexibility index (Phi) is 5.25. The van der Waals surface area contributed by atoms with Crippen LogP contribution >= 0.6 is 0 Å². The molecule has 2 aliphatic rings. The zero-order chi connectivity index (χ0) is 13.7. The van der Waals surface area contributed by atoms with E-state index >= 15 is 0 Å². The number of nitrogens with zero attached hydrogens (tertiary/aromatic N) is 1. The summed E-state index contributed by atoms with van der Waals surface area (Å²) < 4.78 is 5.89. The number of hydrogen-bond donors (Lipinski definition) is 2. The van der Waals surface area contributed by atoms with Crippen molar-refractivity contribution >= 4 is 0 Å². The van der Waals surface area contributed by atoms with E-state index in [4.69, 9.17) is 10.6 Å². The zero-order valence-corrected chi connectivity index (χ0v) is 12.5. The zero-order valence-electron chi connectivity index (χ0n) is 12.5. The molecule has 0 spiro atoms. The summed E-state index contributed by atoms with van der Waals surface area (Å²) in [4.78, 5) is 2.62. The minimum atomic E-state index is 0.0917. The first-order valence-electron chi connectivity index (χ1n) is 7.82. The van der Waals surface area contributed by atoms with E-state index in [9.17, 15) is 0 Å². The van der Waals surface area contributed by atoms with Gasteiger partial charge in [-0.2, -0.15) is 0 Å². The summed E-state index contributed by atoms with van der Waals surface area (Å²) in [5.41, 5.74) is 3.15. The smallest absolute Gasteiger partial charge is 0.112 e. The van der Waals surface area contributed by atoms with Gasteiger partial charge >= 0.3 is 0 Å². The Bertz CT molecular complexity index is 307. The highest BCUT2D eigenvalue weighted by molar-refractivity contribution is 5.16. The number of rotatable bonds is 6. The van der Waals surface area contributed by atoms with Gasteiger partial charge in [0.05, 0.1) is 12.6 Å². The monoisotopic (exact) mass is 267 g/mol. The van der Waals surface area contributed by atoms with Crippen molar-refractivity contribution in [2.75, 3.05) is 19.7 Å². The van der Waals surface area contributed by atoms with Gasteiger partial charge in [0.25, 0.3) is 0 Å². The molecule has 1 saturated heterocycles. The number of nitrogens with one attached hydrogen (secondary N) is 1. The fourth-order valence-electron chi connectivity index (χ4n) is 3.73. The third kappa shape index (κ3) is 2.81. The van der Waals surface area contributed by atoms with Crippen molar-refractivity contribution in [1.29, 1.82) is 0 Å². The highest BCUT2D eigenvalue weighted by Gasteiger charge is 2.44. The summed E-state index contributed by atoms with van der Waals surface area (Å²) in [5.74, 6) is 6.97. The van der Waals surface area contributed by atoms with Crippen LogP contribution in [0.4, 0.5) is 0 Å². The molecule has 110 valence electrons. The summed E-state index contributed by atoms with van der Waals surface area (Å²) in [6.45, 7) is 7.75. The third-order valence-corrected chi connectivity index (χ3v) is 4.91.